The van der Waals surface area contributed by atoms with Gasteiger partial charge in [-0.15, -0.1) is 0 Å². The second-order valence-electron chi connectivity index (χ2n) is 7.18. The maximum absolute atomic E-state index is 12.7. The molecule has 0 saturated heterocycles. The monoisotopic (exact) mass is 394 g/mol. The molecule has 29 heavy (non-hydrogen) atoms. The van der Waals surface area contributed by atoms with E-state index in [1.54, 1.807) is 13.8 Å². The van der Waals surface area contributed by atoms with Gasteiger partial charge in [-0.2, -0.15) is 0 Å². The van der Waals surface area contributed by atoms with Crippen LogP contribution in [0.2, 0.25) is 0 Å². The number of benzene rings is 1. The maximum atomic E-state index is 12.7. The summed E-state index contributed by atoms with van der Waals surface area (Å²) in [6.45, 7) is 4.00. The molecule has 0 atom stereocenters. The summed E-state index contributed by atoms with van der Waals surface area (Å²) in [6.07, 6.45) is 2.09. The first kappa shape index (κ1) is 18.6. The van der Waals surface area contributed by atoms with Gasteiger partial charge in [0, 0.05) is 41.5 Å². The van der Waals surface area contributed by atoms with Crippen LogP contribution in [0.3, 0.4) is 0 Å². The Labute approximate surface area is 164 Å². The van der Waals surface area contributed by atoms with Crippen LogP contribution in [0, 0.1) is 13.8 Å². The molecular formula is C20H22N6O3. The Hall–Kier alpha value is -3.75. The summed E-state index contributed by atoms with van der Waals surface area (Å²) in [5, 5.41) is 11.8. The number of fused-ring (bicyclic) bond motifs is 1. The standard InChI is InChI=1S/C20H22N6O3/c1-10-16(19(28)24-22-10)18(17-11(2)23-25-20(17)29)13-9-26(8-7-15(21)27)14-6-4-3-5-12(13)14/h3-6,9,18H,7-8H2,1-2H3,(H2,21,27)(H2,22,24,28)(H2,23,25,29). The van der Waals surface area contributed by atoms with Gasteiger partial charge in [-0.25, -0.2) is 0 Å². The van der Waals surface area contributed by atoms with Crippen LogP contribution in [0.5, 0.6) is 0 Å². The minimum Gasteiger partial charge on any atom is -0.370 e. The van der Waals surface area contributed by atoms with Gasteiger partial charge in [0.25, 0.3) is 11.1 Å². The Bertz CT molecular complexity index is 1260. The number of hydrogen-bond acceptors (Lipinski definition) is 3. The first-order chi connectivity index (χ1) is 13.9. The van der Waals surface area contributed by atoms with Crippen molar-refractivity contribution in [1.29, 1.82) is 0 Å². The van der Waals surface area contributed by atoms with Gasteiger partial charge in [0.15, 0.2) is 0 Å². The lowest BCUT2D eigenvalue weighted by molar-refractivity contribution is -0.118. The molecule has 0 bridgehead atoms. The molecule has 1 amide bonds. The third-order valence-corrected chi connectivity index (χ3v) is 5.33. The third-order valence-electron chi connectivity index (χ3n) is 5.33. The second-order valence-corrected chi connectivity index (χ2v) is 7.18. The van der Waals surface area contributed by atoms with Crippen LogP contribution in [0.1, 0.15) is 40.4 Å². The smallest absolute Gasteiger partial charge is 0.268 e. The van der Waals surface area contributed by atoms with Gasteiger partial charge < -0.3 is 20.5 Å². The number of carbonyl (C=O) groups excluding carboxylic acids is 1. The van der Waals surface area contributed by atoms with Crippen LogP contribution in [-0.4, -0.2) is 30.9 Å². The summed E-state index contributed by atoms with van der Waals surface area (Å²) >= 11 is 0. The van der Waals surface area contributed by atoms with Crippen molar-refractivity contribution in [2.75, 3.05) is 0 Å². The molecule has 0 aliphatic carbocycles. The number of amides is 1. The van der Waals surface area contributed by atoms with Crippen molar-refractivity contribution in [1.82, 2.24) is 25.0 Å². The highest BCUT2D eigenvalue weighted by Crippen LogP contribution is 2.36. The van der Waals surface area contributed by atoms with Crippen molar-refractivity contribution in [3.63, 3.8) is 0 Å². The van der Waals surface area contributed by atoms with Gasteiger partial charge in [-0.3, -0.25) is 24.6 Å². The van der Waals surface area contributed by atoms with Gasteiger partial charge in [0.1, 0.15) is 0 Å². The quantitative estimate of drug-likeness (QED) is 0.336. The molecule has 0 aliphatic heterocycles. The van der Waals surface area contributed by atoms with E-state index in [-0.39, 0.29) is 17.5 Å². The van der Waals surface area contributed by atoms with E-state index in [1.807, 2.05) is 35.0 Å². The molecule has 9 nitrogen and oxygen atoms in total. The number of nitrogens with two attached hydrogens (primary N) is 1. The Morgan fingerprint density at radius 2 is 1.59 bits per heavy atom. The van der Waals surface area contributed by atoms with Crippen molar-refractivity contribution in [3.8, 4) is 0 Å². The maximum Gasteiger partial charge on any atom is 0.268 e. The van der Waals surface area contributed by atoms with E-state index in [9.17, 15) is 14.4 Å². The van der Waals surface area contributed by atoms with E-state index in [1.165, 1.54) is 0 Å². The van der Waals surface area contributed by atoms with Crippen molar-refractivity contribution >= 4 is 16.8 Å². The highest BCUT2D eigenvalue weighted by molar-refractivity contribution is 5.86. The van der Waals surface area contributed by atoms with Crippen LogP contribution >= 0.6 is 0 Å². The van der Waals surface area contributed by atoms with E-state index in [0.29, 0.717) is 29.1 Å². The van der Waals surface area contributed by atoms with Gasteiger partial charge in [-0.1, -0.05) is 18.2 Å². The topological polar surface area (TPSA) is 145 Å². The number of nitrogens with one attached hydrogen (secondary N) is 4. The fourth-order valence-corrected chi connectivity index (χ4v) is 3.98. The van der Waals surface area contributed by atoms with Crippen molar-refractivity contribution in [2.45, 2.75) is 32.7 Å². The molecule has 9 heteroatoms. The minimum absolute atomic E-state index is 0.191. The lowest BCUT2D eigenvalue weighted by Crippen LogP contribution is -2.20. The molecular weight excluding hydrogens is 372 g/mol. The molecule has 1 aromatic carbocycles. The summed E-state index contributed by atoms with van der Waals surface area (Å²) in [7, 11) is 0. The van der Waals surface area contributed by atoms with Crippen molar-refractivity contribution in [2.24, 2.45) is 5.73 Å². The zero-order valence-corrected chi connectivity index (χ0v) is 16.1. The predicted molar refractivity (Wildman–Crippen MR) is 109 cm³/mol. The van der Waals surface area contributed by atoms with Crippen LogP contribution in [0.25, 0.3) is 10.9 Å². The molecule has 0 fully saturated rings. The lowest BCUT2D eigenvalue weighted by Gasteiger charge is -2.15. The first-order valence-corrected chi connectivity index (χ1v) is 9.28. The van der Waals surface area contributed by atoms with E-state index >= 15 is 0 Å². The summed E-state index contributed by atoms with van der Waals surface area (Å²) < 4.78 is 1.94. The average molecular weight is 394 g/mol. The number of primary amides is 1. The van der Waals surface area contributed by atoms with Crippen LogP contribution in [0.15, 0.2) is 40.1 Å². The number of para-hydroxylation sites is 1. The lowest BCUT2D eigenvalue weighted by atomic mass is 9.85. The fourth-order valence-electron chi connectivity index (χ4n) is 3.98. The zero-order chi connectivity index (χ0) is 20.7. The number of hydrogen-bond donors (Lipinski definition) is 5. The zero-order valence-electron chi connectivity index (χ0n) is 16.1. The first-order valence-electron chi connectivity index (χ1n) is 9.28. The molecule has 3 heterocycles. The molecule has 4 aromatic rings. The van der Waals surface area contributed by atoms with Crippen LogP contribution < -0.4 is 16.9 Å². The third kappa shape index (κ3) is 3.10. The summed E-state index contributed by atoms with van der Waals surface area (Å²) in [5.74, 6) is -0.976. The Morgan fingerprint density at radius 3 is 2.10 bits per heavy atom. The van der Waals surface area contributed by atoms with E-state index in [4.69, 9.17) is 5.73 Å². The average Bonchev–Trinajstić information content (AvgIpc) is 3.33. The number of carbonyl (C=O) groups is 1. The molecule has 4 rings (SSSR count). The Balaban J connectivity index is 2.02. The molecule has 0 aliphatic rings. The number of H-pyrrole nitrogens is 4. The predicted octanol–water partition coefficient (Wildman–Crippen LogP) is 1.35. The highest BCUT2D eigenvalue weighted by atomic mass is 16.1. The summed E-state index contributed by atoms with van der Waals surface area (Å²) in [6, 6.07) is 7.71. The van der Waals surface area contributed by atoms with Crippen LogP contribution in [0.4, 0.5) is 0 Å². The normalized spacial score (nSPS) is 11.6. The molecule has 0 spiro atoms. The van der Waals surface area contributed by atoms with Gasteiger partial charge in [0.2, 0.25) is 5.91 Å². The van der Waals surface area contributed by atoms with Crippen LogP contribution in [-0.2, 0) is 11.3 Å². The number of aryl methyl sites for hydroxylation is 3. The fraction of sp³-hybridized carbons (Fsp3) is 0.250. The molecule has 150 valence electrons. The van der Waals surface area contributed by atoms with E-state index < -0.39 is 11.8 Å². The molecule has 0 saturated carbocycles. The van der Waals surface area contributed by atoms with Gasteiger partial charge in [0.05, 0.1) is 17.0 Å². The van der Waals surface area contributed by atoms with Gasteiger partial charge >= 0.3 is 0 Å². The number of nitrogens with zero attached hydrogens (tertiary/aromatic N) is 1. The van der Waals surface area contributed by atoms with E-state index in [2.05, 4.69) is 20.4 Å². The molecule has 3 aromatic heterocycles. The van der Waals surface area contributed by atoms with Gasteiger partial charge in [-0.05, 0) is 25.5 Å². The number of aromatic amines is 4. The van der Waals surface area contributed by atoms with Crippen molar-refractivity contribution in [3.05, 3.63) is 79.2 Å². The Morgan fingerprint density at radius 1 is 1.00 bits per heavy atom. The minimum atomic E-state index is -0.584. The Kier molecular flexibility index (Phi) is 4.50. The second kappa shape index (κ2) is 7.01. The number of aromatic nitrogens is 5. The largest absolute Gasteiger partial charge is 0.370 e. The number of rotatable bonds is 6. The molecule has 0 unspecified atom stereocenters. The molecule has 0 radical (unpaired) electrons. The summed E-state index contributed by atoms with van der Waals surface area (Å²) in [5.41, 5.74) is 8.78. The van der Waals surface area contributed by atoms with E-state index in [0.717, 1.165) is 16.5 Å². The highest BCUT2D eigenvalue weighted by Gasteiger charge is 2.30. The van der Waals surface area contributed by atoms with Crippen molar-refractivity contribution < 1.29 is 4.79 Å². The summed E-state index contributed by atoms with van der Waals surface area (Å²) in [4.78, 5) is 36.6. The SMILES string of the molecule is Cc1[nH][nH]c(=O)c1C(c1c(C)[nH][nH]c1=O)c1cn(CCC(N)=O)c2ccccc12. The molecule has 6 N–H and O–H groups in total.